The lowest BCUT2D eigenvalue weighted by Gasteiger charge is -2.25. The Hall–Kier alpha value is -3.83. The summed E-state index contributed by atoms with van der Waals surface area (Å²) in [7, 11) is 0. The molecular weight excluding hydrogens is 583 g/mol. The minimum absolute atomic E-state index is 0.0539. The number of fused-ring (bicyclic) bond motifs is 1. The number of hydrogen-bond donors (Lipinski definition) is 2. The number of carbonyl (C=O) groups is 2. The summed E-state index contributed by atoms with van der Waals surface area (Å²) in [6.45, 7) is 0.534. The summed E-state index contributed by atoms with van der Waals surface area (Å²) in [5, 5.41) is 14.0. The molecule has 1 heterocycles. The second-order valence-corrected chi connectivity index (χ2v) is 11.9. The predicted octanol–water partition coefficient (Wildman–Crippen LogP) is 7.84. The molecule has 0 fully saturated rings. The number of thiazole rings is 1. The molecule has 0 unspecified atom stereocenters. The van der Waals surface area contributed by atoms with Crippen LogP contribution in [0.5, 0.6) is 0 Å². The predicted molar refractivity (Wildman–Crippen MR) is 159 cm³/mol. The highest BCUT2D eigenvalue weighted by Gasteiger charge is 2.29. The number of amides is 1. The Morgan fingerprint density at radius 1 is 0.976 bits per heavy atom. The van der Waals surface area contributed by atoms with Crippen LogP contribution in [0.2, 0.25) is 0 Å². The van der Waals surface area contributed by atoms with Gasteiger partial charge < -0.3 is 15.3 Å². The zero-order chi connectivity index (χ0) is 29.7. The van der Waals surface area contributed by atoms with Crippen LogP contribution >= 0.6 is 23.1 Å². The van der Waals surface area contributed by atoms with Crippen molar-refractivity contribution in [2.45, 2.75) is 49.1 Å². The van der Waals surface area contributed by atoms with Crippen molar-refractivity contribution in [3.05, 3.63) is 94.4 Å². The average molecular weight is 612 g/mol. The molecule has 3 aromatic carbocycles. The number of thioether (sulfide) groups is 1. The number of nitrogens with zero attached hydrogens (tertiary/aromatic N) is 2. The highest BCUT2D eigenvalue weighted by Crippen LogP contribution is 2.39. The first-order chi connectivity index (χ1) is 20.1. The van der Waals surface area contributed by atoms with E-state index in [-0.39, 0.29) is 35.5 Å². The van der Waals surface area contributed by atoms with Crippen molar-refractivity contribution in [2.24, 2.45) is 0 Å². The standard InChI is InChI=1S/C31H28F3N3O3S2/c32-31(33,34)42-26-13-10-22(11-14-26)27-19-41-30(36-27)37(25-12-9-21-3-1-2-4-24(21)17-25)18-20-5-7-23(8-6-20)29(40)35-16-15-28(38)39/h5-14,17,19H,1-4,15-16,18H2,(H,35,40)(H,38,39). The first-order valence-corrected chi connectivity index (χ1v) is 15.1. The van der Waals surface area contributed by atoms with E-state index in [4.69, 9.17) is 10.1 Å². The number of carbonyl (C=O) groups excluding carboxylic acids is 1. The van der Waals surface area contributed by atoms with E-state index in [9.17, 15) is 22.8 Å². The first-order valence-electron chi connectivity index (χ1n) is 13.4. The van der Waals surface area contributed by atoms with E-state index in [0.29, 0.717) is 17.8 Å². The molecule has 0 radical (unpaired) electrons. The molecule has 218 valence electrons. The third-order valence-corrected chi connectivity index (χ3v) is 8.53. The van der Waals surface area contributed by atoms with Gasteiger partial charge in [0.2, 0.25) is 0 Å². The topological polar surface area (TPSA) is 82.5 Å². The molecule has 0 bridgehead atoms. The van der Waals surface area contributed by atoms with Crippen molar-refractivity contribution in [1.82, 2.24) is 10.3 Å². The average Bonchev–Trinajstić information content (AvgIpc) is 3.45. The fourth-order valence-electron chi connectivity index (χ4n) is 4.83. The summed E-state index contributed by atoms with van der Waals surface area (Å²) in [6, 6.07) is 19.8. The summed E-state index contributed by atoms with van der Waals surface area (Å²) < 4.78 is 38.2. The van der Waals surface area contributed by atoms with Gasteiger partial charge in [0.1, 0.15) is 0 Å². The van der Waals surface area contributed by atoms with E-state index in [0.717, 1.165) is 41.2 Å². The van der Waals surface area contributed by atoms with E-state index in [1.54, 1.807) is 24.3 Å². The fourth-order valence-corrected chi connectivity index (χ4v) is 6.23. The molecule has 1 aliphatic rings. The molecule has 6 nitrogen and oxygen atoms in total. The van der Waals surface area contributed by atoms with E-state index >= 15 is 0 Å². The minimum Gasteiger partial charge on any atom is -0.481 e. The number of aryl methyl sites for hydroxylation is 2. The van der Waals surface area contributed by atoms with Gasteiger partial charge in [-0.15, -0.1) is 11.3 Å². The van der Waals surface area contributed by atoms with Crippen LogP contribution < -0.4 is 10.2 Å². The maximum absolute atomic E-state index is 12.7. The van der Waals surface area contributed by atoms with E-state index in [1.807, 2.05) is 17.5 Å². The maximum atomic E-state index is 12.7. The molecule has 0 atom stereocenters. The summed E-state index contributed by atoms with van der Waals surface area (Å²) in [5.41, 5.74) is 2.12. The van der Waals surface area contributed by atoms with Gasteiger partial charge in [-0.1, -0.05) is 30.3 Å². The second-order valence-electron chi connectivity index (χ2n) is 9.93. The number of halogens is 3. The van der Waals surface area contributed by atoms with Gasteiger partial charge >= 0.3 is 11.5 Å². The van der Waals surface area contributed by atoms with Crippen molar-refractivity contribution in [2.75, 3.05) is 11.4 Å². The van der Waals surface area contributed by atoms with E-state index < -0.39 is 11.5 Å². The summed E-state index contributed by atoms with van der Waals surface area (Å²) >= 11 is 1.31. The van der Waals surface area contributed by atoms with Crippen molar-refractivity contribution in [3.8, 4) is 11.3 Å². The summed E-state index contributed by atoms with van der Waals surface area (Å²) in [6.07, 6.45) is 4.27. The Balaban J connectivity index is 1.39. The van der Waals surface area contributed by atoms with Crippen molar-refractivity contribution >= 4 is 45.8 Å². The van der Waals surface area contributed by atoms with Crippen molar-refractivity contribution in [3.63, 3.8) is 0 Å². The number of carboxylic acids is 1. The number of benzene rings is 3. The molecule has 1 aromatic heterocycles. The number of hydrogen-bond acceptors (Lipinski definition) is 6. The van der Waals surface area contributed by atoms with Crippen LogP contribution in [0.15, 0.2) is 77.0 Å². The van der Waals surface area contributed by atoms with Gasteiger partial charge in [-0.3, -0.25) is 9.59 Å². The smallest absolute Gasteiger partial charge is 0.446 e. The van der Waals surface area contributed by atoms with E-state index in [1.165, 1.54) is 41.0 Å². The van der Waals surface area contributed by atoms with Crippen molar-refractivity contribution in [1.29, 1.82) is 0 Å². The molecule has 1 amide bonds. The Labute approximate surface area is 249 Å². The van der Waals surface area contributed by atoms with Crippen LogP contribution in [0.4, 0.5) is 24.0 Å². The second kappa shape index (κ2) is 13.0. The monoisotopic (exact) mass is 611 g/mol. The first kappa shape index (κ1) is 29.7. The zero-order valence-corrected chi connectivity index (χ0v) is 24.1. The zero-order valence-electron chi connectivity index (χ0n) is 22.5. The Bertz CT molecular complexity index is 1550. The number of aromatic nitrogens is 1. The lowest BCUT2D eigenvalue weighted by Crippen LogP contribution is -2.26. The maximum Gasteiger partial charge on any atom is 0.446 e. The Kier molecular flexibility index (Phi) is 9.18. The van der Waals surface area contributed by atoms with Crippen LogP contribution in [-0.4, -0.2) is 34.0 Å². The van der Waals surface area contributed by atoms with Gasteiger partial charge in [0.25, 0.3) is 5.91 Å². The molecule has 11 heteroatoms. The molecule has 2 N–H and O–H groups in total. The van der Waals surface area contributed by atoms with Crippen LogP contribution in [0.25, 0.3) is 11.3 Å². The Morgan fingerprint density at radius 2 is 1.69 bits per heavy atom. The van der Waals surface area contributed by atoms with Gasteiger partial charge in [0.05, 0.1) is 18.7 Å². The number of nitrogens with one attached hydrogen (secondary N) is 1. The molecule has 0 saturated carbocycles. The fraction of sp³-hybridized carbons (Fsp3) is 0.258. The molecule has 0 spiro atoms. The lowest BCUT2D eigenvalue weighted by molar-refractivity contribution is -0.136. The number of carboxylic acid groups (broad SMARTS) is 1. The molecule has 0 saturated heterocycles. The molecular formula is C31H28F3N3O3S2. The number of rotatable bonds is 10. The molecule has 5 rings (SSSR count). The summed E-state index contributed by atoms with van der Waals surface area (Å²) in [5.74, 6) is -1.31. The normalized spacial score (nSPS) is 12.9. The van der Waals surface area contributed by atoms with Crippen LogP contribution in [0, 0.1) is 0 Å². The SMILES string of the molecule is O=C(O)CCNC(=O)c1ccc(CN(c2ccc3c(c2)CCCC3)c2nc(-c3ccc(SC(F)(F)F)cc3)cs2)cc1. The number of alkyl halides is 3. The third kappa shape index (κ3) is 7.71. The van der Waals surface area contributed by atoms with Gasteiger partial charge in [-0.2, -0.15) is 13.2 Å². The molecule has 0 aliphatic heterocycles. The van der Waals surface area contributed by atoms with Crippen LogP contribution in [-0.2, 0) is 24.2 Å². The number of anilines is 2. The van der Waals surface area contributed by atoms with Gasteiger partial charge in [0, 0.05) is 33.6 Å². The van der Waals surface area contributed by atoms with E-state index in [2.05, 4.69) is 28.4 Å². The highest BCUT2D eigenvalue weighted by molar-refractivity contribution is 8.00. The lowest BCUT2D eigenvalue weighted by atomic mass is 9.91. The quantitative estimate of drug-likeness (QED) is 0.178. The largest absolute Gasteiger partial charge is 0.481 e. The number of aliphatic carboxylic acids is 1. The van der Waals surface area contributed by atoms with Gasteiger partial charge in [0.15, 0.2) is 5.13 Å². The molecule has 4 aromatic rings. The molecule has 1 aliphatic carbocycles. The van der Waals surface area contributed by atoms with Crippen LogP contribution in [0.1, 0.15) is 46.3 Å². The summed E-state index contributed by atoms with van der Waals surface area (Å²) in [4.78, 5) is 30.2. The van der Waals surface area contributed by atoms with Crippen molar-refractivity contribution < 1.29 is 27.9 Å². The highest BCUT2D eigenvalue weighted by atomic mass is 32.2. The molecule has 42 heavy (non-hydrogen) atoms. The van der Waals surface area contributed by atoms with Crippen LogP contribution in [0.3, 0.4) is 0 Å². The van der Waals surface area contributed by atoms with Gasteiger partial charge in [-0.05, 0) is 90.5 Å². The minimum atomic E-state index is -4.34. The van der Waals surface area contributed by atoms with Gasteiger partial charge in [-0.25, -0.2) is 4.98 Å². The third-order valence-electron chi connectivity index (χ3n) is 6.93. The Morgan fingerprint density at radius 3 is 2.38 bits per heavy atom.